The summed E-state index contributed by atoms with van der Waals surface area (Å²) in [4.78, 5) is 2.17. The normalized spacial score (nSPS) is 22.0. The Labute approximate surface area is 55.7 Å². The molecule has 1 aliphatic heterocycles. The number of hydrogen-bond acceptors (Lipinski definition) is 3. The summed E-state index contributed by atoms with van der Waals surface area (Å²) in [5.74, 6) is 0. The highest BCUT2D eigenvalue weighted by molar-refractivity contribution is 4.77. The summed E-state index contributed by atoms with van der Waals surface area (Å²) in [6.45, 7) is 5.69. The van der Waals surface area contributed by atoms with Crippen molar-refractivity contribution in [1.29, 1.82) is 0 Å². The molecule has 9 heavy (non-hydrogen) atoms. The number of β-amino-alcohol motifs (C(OH)–C–C–N with tert-alkyl or cyclic N) is 1. The lowest BCUT2D eigenvalue weighted by atomic mass is 10.2. The molecule has 0 saturated carbocycles. The predicted molar refractivity (Wildman–Crippen MR) is 36.1 cm³/mol. The summed E-state index contributed by atoms with van der Waals surface area (Å²) < 4.78 is 0. The number of nitrogens with one attached hydrogen (secondary N) is 1. The minimum Gasteiger partial charge on any atom is -0.390 e. The second kappa shape index (κ2) is 3.15. The van der Waals surface area contributed by atoms with Gasteiger partial charge < -0.3 is 10.4 Å². The van der Waals surface area contributed by atoms with Gasteiger partial charge >= 0.3 is 0 Å². The number of nitrogens with zero attached hydrogens (tertiary/aromatic N) is 1. The van der Waals surface area contributed by atoms with Crippen molar-refractivity contribution in [2.75, 3.05) is 26.3 Å². The van der Waals surface area contributed by atoms with Gasteiger partial charge in [0.2, 0.25) is 0 Å². The summed E-state index contributed by atoms with van der Waals surface area (Å²) in [5.41, 5.74) is 0. The number of hydrogen-bond donors (Lipinski definition) is 2. The van der Waals surface area contributed by atoms with Crippen LogP contribution in [0.4, 0.5) is 0 Å². The van der Waals surface area contributed by atoms with Crippen LogP contribution in [0.5, 0.6) is 0 Å². The molecule has 1 aliphatic rings. The molecule has 3 nitrogen and oxygen atoms in total. The maximum atomic E-state index is 8.85. The first-order valence-electron chi connectivity index (χ1n) is 3.44. The molecule has 0 amide bonds. The lowest BCUT2D eigenvalue weighted by Crippen LogP contribution is -2.53. The summed E-state index contributed by atoms with van der Waals surface area (Å²) in [6.07, 6.45) is -0.0661. The Balaban J connectivity index is 1.91. The van der Waals surface area contributed by atoms with E-state index in [9.17, 15) is 0 Å². The Kier molecular flexibility index (Phi) is 2.45. The minimum absolute atomic E-state index is 0.0661. The van der Waals surface area contributed by atoms with Gasteiger partial charge in [-0.15, -0.1) is 0 Å². The maximum Gasteiger partial charge on any atom is 0.0794 e. The number of aliphatic hydroxyl groups is 1. The quantitative estimate of drug-likeness (QED) is 0.526. The Morgan fingerprint density at radius 3 is 2.78 bits per heavy atom. The van der Waals surface area contributed by atoms with Gasteiger partial charge in [-0.3, -0.25) is 4.90 Å². The molecule has 2 N–H and O–H groups in total. The van der Waals surface area contributed by atoms with Gasteiger partial charge in [-0.25, -0.2) is 0 Å². The van der Waals surface area contributed by atoms with Crippen molar-refractivity contribution in [2.24, 2.45) is 0 Å². The molecule has 0 radical (unpaired) electrons. The highest BCUT2D eigenvalue weighted by atomic mass is 16.3. The fourth-order valence-electron chi connectivity index (χ4n) is 0.942. The molecule has 0 aliphatic carbocycles. The molecular weight excluding hydrogens is 116 g/mol. The van der Waals surface area contributed by atoms with E-state index in [4.69, 9.17) is 5.11 Å². The number of aliphatic hydroxyl groups excluding tert-OH is 1. The van der Waals surface area contributed by atoms with Gasteiger partial charge in [0.1, 0.15) is 0 Å². The Hall–Kier alpha value is -0.120. The van der Waals surface area contributed by atoms with Crippen molar-refractivity contribution in [3.63, 3.8) is 0 Å². The molecule has 1 saturated heterocycles. The maximum absolute atomic E-state index is 8.85. The highest BCUT2D eigenvalue weighted by Gasteiger charge is 2.22. The van der Waals surface area contributed by atoms with E-state index in [1.165, 1.54) is 0 Å². The summed E-state index contributed by atoms with van der Waals surface area (Å²) in [7, 11) is 0. The number of likely N-dealkylation sites (tertiary alicyclic amines) is 1. The largest absolute Gasteiger partial charge is 0.390 e. The summed E-state index contributed by atoms with van der Waals surface area (Å²) in [6, 6.07) is 0. The average Bonchev–Trinajstić information content (AvgIpc) is 1.78. The van der Waals surface area contributed by atoms with Crippen LogP contribution in [0.2, 0.25) is 0 Å². The van der Waals surface area contributed by atoms with Gasteiger partial charge in [0.15, 0.2) is 0 Å². The van der Waals surface area contributed by atoms with Crippen molar-refractivity contribution in [1.82, 2.24) is 10.2 Å². The van der Waals surface area contributed by atoms with Gasteiger partial charge in [-0.1, -0.05) is 6.92 Å². The van der Waals surface area contributed by atoms with Gasteiger partial charge in [-0.05, 0) is 6.54 Å². The third kappa shape index (κ3) is 1.93. The van der Waals surface area contributed by atoms with E-state index >= 15 is 0 Å². The zero-order valence-corrected chi connectivity index (χ0v) is 5.80. The molecule has 1 fully saturated rings. The molecule has 0 aromatic carbocycles. The van der Waals surface area contributed by atoms with Crippen molar-refractivity contribution < 1.29 is 5.11 Å². The molecule has 1 rings (SSSR count). The first-order chi connectivity index (χ1) is 4.33. The zero-order chi connectivity index (χ0) is 6.69. The molecule has 0 unspecified atom stereocenters. The summed E-state index contributed by atoms with van der Waals surface area (Å²) >= 11 is 0. The molecule has 0 bridgehead atoms. The standard InChI is InChI=1S/C6H14N2O/c1-2-7-5-8-3-6(9)4-8/h6-7,9H,2-5H2,1H3. The van der Waals surface area contributed by atoms with Crippen molar-refractivity contribution in [3.8, 4) is 0 Å². The molecule has 0 aromatic heterocycles. The van der Waals surface area contributed by atoms with Gasteiger partial charge in [0.05, 0.1) is 6.10 Å². The molecule has 0 spiro atoms. The fraction of sp³-hybridized carbons (Fsp3) is 1.00. The first-order valence-corrected chi connectivity index (χ1v) is 3.44. The molecule has 1 heterocycles. The lowest BCUT2D eigenvalue weighted by Gasteiger charge is -2.35. The average molecular weight is 130 g/mol. The first kappa shape index (κ1) is 6.99. The fourth-order valence-corrected chi connectivity index (χ4v) is 0.942. The Bertz CT molecular complexity index is 81.1. The van der Waals surface area contributed by atoms with Crippen LogP contribution in [0.1, 0.15) is 6.92 Å². The van der Waals surface area contributed by atoms with E-state index in [0.29, 0.717) is 0 Å². The van der Waals surface area contributed by atoms with Crippen LogP contribution < -0.4 is 5.32 Å². The minimum atomic E-state index is -0.0661. The smallest absolute Gasteiger partial charge is 0.0794 e. The van der Waals surface area contributed by atoms with E-state index in [0.717, 1.165) is 26.3 Å². The van der Waals surface area contributed by atoms with E-state index in [2.05, 4.69) is 17.1 Å². The monoisotopic (exact) mass is 130 g/mol. The zero-order valence-electron chi connectivity index (χ0n) is 5.80. The third-order valence-corrected chi connectivity index (χ3v) is 1.52. The third-order valence-electron chi connectivity index (χ3n) is 1.52. The van der Waals surface area contributed by atoms with Crippen LogP contribution in [-0.2, 0) is 0 Å². The molecular formula is C6H14N2O. The van der Waals surface area contributed by atoms with Gasteiger partial charge in [-0.2, -0.15) is 0 Å². The summed E-state index contributed by atoms with van der Waals surface area (Å²) in [5, 5.41) is 12.0. The lowest BCUT2D eigenvalue weighted by molar-refractivity contribution is -0.00199. The highest BCUT2D eigenvalue weighted by Crippen LogP contribution is 2.03. The van der Waals surface area contributed by atoms with Gasteiger partial charge in [0, 0.05) is 19.8 Å². The SMILES string of the molecule is CCNCN1CC(O)C1. The van der Waals surface area contributed by atoms with Crippen LogP contribution in [0.15, 0.2) is 0 Å². The Morgan fingerprint density at radius 1 is 1.67 bits per heavy atom. The van der Waals surface area contributed by atoms with Gasteiger partial charge in [0.25, 0.3) is 0 Å². The van der Waals surface area contributed by atoms with E-state index in [-0.39, 0.29) is 6.10 Å². The molecule has 3 heteroatoms. The van der Waals surface area contributed by atoms with Crippen LogP contribution in [0.25, 0.3) is 0 Å². The molecule has 54 valence electrons. The predicted octanol–water partition coefficient (Wildman–Crippen LogP) is -0.770. The van der Waals surface area contributed by atoms with E-state index in [1.807, 2.05) is 0 Å². The Morgan fingerprint density at radius 2 is 2.33 bits per heavy atom. The van der Waals surface area contributed by atoms with E-state index < -0.39 is 0 Å². The number of rotatable bonds is 3. The van der Waals surface area contributed by atoms with Crippen LogP contribution >= 0.6 is 0 Å². The molecule has 0 atom stereocenters. The topological polar surface area (TPSA) is 35.5 Å². The van der Waals surface area contributed by atoms with Crippen molar-refractivity contribution in [2.45, 2.75) is 13.0 Å². The second-order valence-electron chi connectivity index (χ2n) is 2.45. The van der Waals surface area contributed by atoms with Crippen LogP contribution in [-0.4, -0.2) is 42.4 Å². The van der Waals surface area contributed by atoms with Crippen molar-refractivity contribution in [3.05, 3.63) is 0 Å². The van der Waals surface area contributed by atoms with Crippen LogP contribution in [0.3, 0.4) is 0 Å². The van der Waals surface area contributed by atoms with Crippen molar-refractivity contribution >= 4 is 0 Å². The molecule has 0 aromatic rings. The van der Waals surface area contributed by atoms with Crippen LogP contribution in [0, 0.1) is 0 Å². The second-order valence-corrected chi connectivity index (χ2v) is 2.45. The van der Waals surface area contributed by atoms with E-state index in [1.54, 1.807) is 0 Å².